The van der Waals surface area contributed by atoms with Crippen molar-refractivity contribution in [3.05, 3.63) is 63.4 Å². The zero-order valence-electron chi connectivity index (χ0n) is 29.2. The zero-order valence-corrected chi connectivity index (χ0v) is 31.2. The summed E-state index contributed by atoms with van der Waals surface area (Å²) in [5.41, 5.74) is 8.55. The predicted octanol–water partition coefficient (Wildman–Crippen LogP) is -1.44. The van der Waals surface area contributed by atoms with E-state index in [4.69, 9.17) is 29.8 Å². The Morgan fingerprint density at radius 3 is 1.88 bits per heavy atom. The van der Waals surface area contributed by atoms with Gasteiger partial charge in [0.2, 0.25) is 0 Å². The Hall–Kier alpha value is -2.56. The molecule has 0 bridgehead atoms. The second kappa shape index (κ2) is 23.8. The molecule has 13 nitrogen and oxygen atoms in total. The first-order chi connectivity index (χ1) is 23.3. The molecular weight excluding hydrogens is 643 g/mol. The van der Waals surface area contributed by atoms with Crippen LogP contribution in [0.1, 0.15) is 48.2 Å². The molecule has 5 N–H and O–H groups in total. The minimum absolute atomic E-state index is 0. The van der Waals surface area contributed by atoms with E-state index in [1.807, 2.05) is 0 Å². The molecule has 0 spiro atoms. The Kier molecular flexibility index (Phi) is 20.7. The molecule has 0 amide bonds. The van der Waals surface area contributed by atoms with E-state index in [1.54, 1.807) is 37.4 Å². The van der Waals surface area contributed by atoms with Crippen molar-refractivity contribution in [1.29, 1.82) is 0 Å². The number of nitrogens with one attached hydrogen (secondary N) is 1. The van der Waals surface area contributed by atoms with Crippen LogP contribution < -0.4 is 55.3 Å². The number of morpholine rings is 2. The summed E-state index contributed by atoms with van der Waals surface area (Å²) >= 11 is 0. The number of rotatable bonds is 13. The number of anilines is 1. The van der Waals surface area contributed by atoms with Gasteiger partial charge in [0.15, 0.2) is 11.2 Å². The molecule has 2 fully saturated rings. The van der Waals surface area contributed by atoms with Crippen LogP contribution in [0, 0.1) is 0 Å². The smallest absolute Gasteiger partial charge is 0.855 e. The van der Waals surface area contributed by atoms with Crippen molar-refractivity contribution < 1.29 is 68.6 Å². The standard InChI is InChI=1S/C17H22N2O4.C16H24N2O4.C2H5O.Na/c20-12-13-10-14-15(18-3-2-16(14)21)11-17(13)23-7-1-4-19-5-8-22-9-6-19;1-12(20)14-9-13(11-19)16(10-15(14)17)22-6-2-3-18-4-7-21-8-5-18;1-2-3;/h2-3,10-11,20H,1,4-9,12H2,(H,18,21);9-10,19H,2-8,11,17H2,1H3;2H2,1H3;/q;;-1;+1. The summed E-state index contributed by atoms with van der Waals surface area (Å²) in [4.78, 5) is 31.0. The van der Waals surface area contributed by atoms with Gasteiger partial charge in [0.05, 0.1) is 58.4 Å². The van der Waals surface area contributed by atoms with E-state index in [9.17, 15) is 19.8 Å². The number of H-pyrrole nitrogens is 1. The summed E-state index contributed by atoms with van der Waals surface area (Å²) in [5.74, 6) is 1.06. The predicted molar refractivity (Wildman–Crippen MR) is 183 cm³/mol. The maximum atomic E-state index is 11.8. The van der Waals surface area contributed by atoms with E-state index in [1.165, 1.54) is 13.0 Å². The van der Waals surface area contributed by atoms with Gasteiger partial charge in [-0.1, -0.05) is 6.92 Å². The van der Waals surface area contributed by atoms with E-state index in [-0.39, 0.29) is 60.6 Å². The van der Waals surface area contributed by atoms with Crippen molar-refractivity contribution in [3.8, 4) is 11.5 Å². The molecule has 2 aliphatic heterocycles. The third-order valence-corrected chi connectivity index (χ3v) is 7.85. The summed E-state index contributed by atoms with van der Waals surface area (Å²) < 4.78 is 22.2. The van der Waals surface area contributed by atoms with Crippen molar-refractivity contribution in [2.45, 2.75) is 39.9 Å². The van der Waals surface area contributed by atoms with Crippen LogP contribution in [-0.4, -0.2) is 116 Å². The molecule has 0 saturated carbocycles. The third-order valence-electron chi connectivity index (χ3n) is 7.85. The molecule has 2 saturated heterocycles. The number of aliphatic hydroxyl groups is 2. The Morgan fingerprint density at radius 2 is 1.39 bits per heavy atom. The number of nitrogens with two attached hydrogens (primary N) is 1. The Labute approximate surface area is 310 Å². The average molecular weight is 695 g/mol. The number of fused-ring (bicyclic) bond motifs is 1. The van der Waals surface area contributed by atoms with E-state index < -0.39 is 0 Å². The summed E-state index contributed by atoms with van der Waals surface area (Å²) in [6.45, 7) is 12.8. The summed E-state index contributed by atoms with van der Waals surface area (Å²) in [6, 6.07) is 8.20. The van der Waals surface area contributed by atoms with Crippen molar-refractivity contribution >= 4 is 22.4 Å². The number of nitrogens with zero attached hydrogens (tertiary/aromatic N) is 2. The maximum absolute atomic E-state index is 11.8. The molecule has 2 aromatic carbocycles. The fraction of sp³-hybridized carbons (Fsp3) is 0.543. The quantitative estimate of drug-likeness (QED) is 0.0709. The molecular formula is C35H51N4NaO9. The molecule has 0 radical (unpaired) electrons. The number of aliphatic hydroxyl groups excluding tert-OH is 2. The normalized spacial score (nSPS) is 14.9. The number of pyridine rings is 1. The molecule has 49 heavy (non-hydrogen) atoms. The fourth-order valence-corrected chi connectivity index (χ4v) is 5.30. The number of hydrogen-bond donors (Lipinski definition) is 4. The number of aromatic amines is 1. The first-order valence-corrected chi connectivity index (χ1v) is 16.5. The van der Waals surface area contributed by atoms with Gasteiger partial charge in [0.25, 0.3) is 0 Å². The van der Waals surface area contributed by atoms with Gasteiger partial charge < -0.3 is 45.0 Å². The number of hydrogen-bond acceptors (Lipinski definition) is 12. The van der Waals surface area contributed by atoms with Crippen molar-refractivity contribution in [3.63, 3.8) is 0 Å². The van der Waals surface area contributed by atoms with Crippen LogP contribution in [0.2, 0.25) is 0 Å². The van der Waals surface area contributed by atoms with E-state index >= 15 is 0 Å². The van der Waals surface area contributed by atoms with Crippen LogP contribution in [0.25, 0.3) is 10.9 Å². The van der Waals surface area contributed by atoms with Crippen molar-refractivity contribution in [2.75, 3.05) is 91.3 Å². The molecule has 1 aromatic heterocycles. The number of aromatic nitrogens is 1. The van der Waals surface area contributed by atoms with E-state index in [2.05, 4.69) is 14.8 Å². The molecule has 0 unspecified atom stereocenters. The average Bonchev–Trinajstić information content (AvgIpc) is 3.10. The van der Waals surface area contributed by atoms with Crippen LogP contribution in [-0.2, 0) is 22.7 Å². The zero-order chi connectivity index (χ0) is 34.7. The first kappa shape index (κ1) is 42.6. The monoisotopic (exact) mass is 694 g/mol. The van der Waals surface area contributed by atoms with Gasteiger partial charge >= 0.3 is 29.6 Å². The number of carbonyl (C=O) groups excluding carboxylic acids is 1. The Balaban J connectivity index is 0.000000309. The van der Waals surface area contributed by atoms with Gasteiger partial charge in [-0.2, -0.15) is 0 Å². The maximum Gasteiger partial charge on any atom is 1.00 e. The molecule has 3 heterocycles. The topological polar surface area (TPSA) is 183 Å². The largest absolute Gasteiger partial charge is 1.00 e. The molecule has 2 aliphatic rings. The number of benzene rings is 2. The number of nitrogen functional groups attached to an aromatic ring is 1. The molecule has 266 valence electrons. The van der Waals surface area contributed by atoms with Crippen molar-refractivity contribution in [1.82, 2.24) is 14.8 Å². The Bertz CT molecular complexity index is 1460. The Morgan fingerprint density at radius 1 is 0.898 bits per heavy atom. The number of Topliss-reactive ketones (excluding diaryl/α,β-unsaturated/α-hetero) is 1. The molecule has 0 atom stereocenters. The number of ether oxygens (including phenoxy) is 4. The van der Waals surface area contributed by atoms with E-state index in [0.717, 1.165) is 84.1 Å². The van der Waals surface area contributed by atoms with E-state index in [0.29, 0.717) is 52.5 Å². The summed E-state index contributed by atoms with van der Waals surface area (Å²) in [5, 5.41) is 28.4. The second-order valence-corrected chi connectivity index (χ2v) is 11.4. The number of ketones is 1. The van der Waals surface area contributed by atoms with Gasteiger partial charge in [0, 0.05) is 91.4 Å². The van der Waals surface area contributed by atoms with Gasteiger partial charge in [0.1, 0.15) is 11.5 Å². The molecule has 0 aliphatic carbocycles. The van der Waals surface area contributed by atoms with Crippen LogP contribution in [0.5, 0.6) is 11.5 Å². The second-order valence-electron chi connectivity index (χ2n) is 11.4. The molecule has 14 heteroatoms. The van der Waals surface area contributed by atoms with Crippen LogP contribution in [0.3, 0.4) is 0 Å². The SMILES string of the molecule is CC(=O)c1cc(CO)c(OCCCN2CCOCC2)cc1N.CC[O-].O=c1cc[nH]c2cc(OCCCN3CCOCC3)c(CO)cc12.[Na+]. The minimum Gasteiger partial charge on any atom is -0.855 e. The van der Waals surface area contributed by atoms with Gasteiger partial charge in [-0.25, -0.2) is 0 Å². The molecule has 5 rings (SSSR count). The minimum atomic E-state index is -0.181. The van der Waals surface area contributed by atoms with Crippen LogP contribution >= 0.6 is 0 Å². The molecule has 3 aromatic rings. The summed E-state index contributed by atoms with van der Waals surface area (Å²) in [7, 11) is 0. The first-order valence-electron chi connectivity index (χ1n) is 16.5. The number of carbonyl (C=O) groups is 1. The van der Waals surface area contributed by atoms with Gasteiger partial charge in [-0.05, 0) is 31.9 Å². The van der Waals surface area contributed by atoms with Crippen LogP contribution in [0.4, 0.5) is 5.69 Å². The van der Waals surface area contributed by atoms with Crippen molar-refractivity contribution in [2.24, 2.45) is 0 Å². The van der Waals surface area contributed by atoms with Gasteiger partial charge in [-0.15, -0.1) is 6.61 Å². The van der Waals surface area contributed by atoms with Gasteiger partial charge in [-0.3, -0.25) is 19.4 Å². The third kappa shape index (κ3) is 14.3. The summed E-state index contributed by atoms with van der Waals surface area (Å²) in [6.07, 6.45) is 3.42. The van der Waals surface area contributed by atoms with Crippen LogP contribution in [0.15, 0.2) is 41.3 Å². The fourth-order valence-electron chi connectivity index (χ4n) is 5.30.